The molecule has 15 nitrogen and oxygen atoms in total. The Hall–Kier alpha value is -5.08. The molecule has 10 rings (SSSR count). The zero-order valence-electron chi connectivity index (χ0n) is 33.3. The van der Waals surface area contributed by atoms with E-state index >= 15 is 0 Å². The van der Waals surface area contributed by atoms with Crippen LogP contribution in [0.2, 0.25) is 0 Å². The number of benzene rings is 3. The van der Waals surface area contributed by atoms with Gasteiger partial charge in [-0.05, 0) is 87.4 Å². The van der Waals surface area contributed by atoms with E-state index in [9.17, 15) is 25.1 Å². The molecule has 3 aromatic rings. The lowest BCUT2D eigenvalue weighted by molar-refractivity contribution is -0.155. The summed E-state index contributed by atoms with van der Waals surface area (Å²) in [4.78, 5) is 29.7. The average molecular weight is 814 g/mol. The highest BCUT2D eigenvalue weighted by Gasteiger charge is 2.57. The maximum Gasteiger partial charge on any atom is 0.514 e. The van der Waals surface area contributed by atoms with Gasteiger partial charge in [-0.25, -0.2) is 9.59 Å². The summed E-state index contributed by atoms with van der Waals surface area (Å²) >= 11 is 1.42. The third-order valence-corrected chi connectivity index (χ3v) is 13.6. The first-order chi connectivity index (χ1) is 27.7. The van der Waals surface area contributed by atoms with Gasteiger partial charge in [0.05, 0.1) is 32.4 Å². The molecule has 3 aromatic carbocycles. The highest BCUT2D eigenvalue weighted by atomic mass is 32.2. The summed E-state index contributed by atoms with van der Waals surface area (Å²) in [5.74, 6) is 1.13. The van der Waals surface area contributed by atoms with E-state index in [1.54, 1.807) is 39.8 Å². The lowest BCUT2D eigenvalue weighted by atomic mass is 9.72. The minimum atomic E-state index is -1.42. The van der Waals surface area contributed by atoms with Crippen molar-refractivity contribution < 1.29 is 53.0 Å². The highest BCUT2D eigenvalue weighted by Crippen LogP contribution is 2.65. The van der Waals surface area contributed by atoms with E-state index in [4.69, 9.17) is 38.5 Å². The average Bonchev–Trinajstić information content (AvgIpc) is 3.67. The van der Waals surface area contributed by atoms with Crippen LogP contribution in [0.15, 0.2) is 18.2 Å². The number of thioether (sulfide) groups is 1. The Kier molecular flexibility index (Phi) is 9.12. The van der Waals surface area contributed by atoms with Crippen molar-refractivity contribution in [1.29, 1.82) is 5.26 Å². The van der Waals surface area contributed by atoms with Crippen LogP contribution in [0.4, 0.5) is 4.79 Å². The van der Waals surface area contributed by atoms with Crippen molar-refractivity contribution >= 4 is 23.9 Å². The quantitative estimate of drug-likeness (QED) is 0.212. The number of carbonyl (C=O) groups excluding carboxylic acids is 2. The molecule has 7 atom stereocenters. The topological polar surface area (TPSA) is 192 Å². The Morgan fingerprint density at radius 1 is 1.03 bits per heavy atom. The molecule has 0 saturated carbocycles. The van der Waals surface area contributed by atoms with Crippen molar-refractivity contribution in [3.8, 4) is 46.3 Å². The van der Waals surface area contributed by atoms with Crippen molar-refractivity contribution in [2.75, 3.05) is 39.9 Å². The van der Waals surface area contributed by atoms with Crippen molar-refractivity contribution in [3.05, 3.63) is 68.0 Å². The summed E-state index contributed by atoms with van der Waals surface area (Å²) in [5, 5.41) is 43.3. The Bertz CT molecular complexity index is 2310. The molecule has 16 heteroatoms. The number of aryl methyl sites for hydroxylation is 1. The van der Waals surface area contributed by atoms with Gasteiger partial charge in [0.15, 0.2) is 40.0 Å². The van der Waals surface area contributed by atoms with E-state index in [0.717, 1.165) is 16.7 Å². The lowest BCUT2D eigenvalue weighted by Gasteiger charge is -2.65. The number of piperazine rings is 1. The third kappa shape index (κ3) is 5.65. The molecule has 7 aliphatic heterocycles. The van der Waals surface area contributed by atoms with E-state index in [-0.39, 0.29) is 42.2 Å². The van der Waals surface area contributed by atoms with Crippen LogP contribution in [-0.4, -0.2) is 90.9 Å². The van der Waals surface area contributed by atoms with Crippen LogP contribution in [0.3, 0.4) is 0 Å². The van der Waals surface area contributed by atoms with Gasteiger partial charge in [-0.3, -0.25) is 10.2 Å². The largest absolute Gasteiger partial charge is 0.649 e. The number of hydrogen-bond donors (Lipinski definition) is 3. The van der Waals surface area contributed by atoms with Gasteiger partial charge < -0.3 is 48.7 Å². The van der Waals surface area contributed by atoms with Crippen LogP contribution in [0.5, 0.6) is 40.2 Å². The van der Waals surface area contributed by atoms with Gasteiger partial charge in [0.1, 0.15) is 18.0 Å². The summed E-state index contributed by atoms with van der Waals surface area (Å²) in [7, 11) is 2.97. The second-order valence-corrected chi connectivity index (χ2v) is 17.7. The first kappa shape index (κ1) is 38.4. The minimum absolute atomic E-state index is 0.00777. The number of nitrogens with one attached hydrogen (secondary N) is 1. The molecule has 0 aliphatic carbocycles. The predicted molar refractivity (Wildman–Crippen MR) is 209 cm³/mol. The zero-order valence-corrected chi connectivity index (χ0v) is 34.1. The summed E-state index contributed by atoms with van der Waals surface area (Å²) in [5.41, 5.74) is 3.07. The SMILES string of the molecule is COc1cc2c(cc1OC(=O)OC(C)(C)C)CCN[C@]21CS[C@@H]2c3c(O)c(C)c4c(c3[C@H](COC1=O)N1C2[C@@H]2[N-][C@@H](Cc3cc(C)c(OC)c(O)c32)[C@@H]1C#N)OCO4. The Labute approximate surface area is 339 Å². The van der Waals surface area contributed by atoms with Gasteiger partial charge in [0.25, 0.3) is 0 Å². The molecule has 3 N–H and O–H groups in total. The molecule has 0 aromatic heterocycles. The molecule has 1 unspecified atom stereocenters. The van der Waals surface area contributed by atoms with Crippen molar-refractivity contribution in [2.45, 2.75) is 94.1 Å². The second-order valence-electron chi connectivity index (χ2n) is 16.5. The summed E-state index contributed by atoms with van der Waals surface area (Å²) in [6.07, 6.45) is 0.0182. The normalized spacial score (nSPS) is 27.9. The number of nitrogens with zero attached hydrogens (tertiary/aromatic N) is 3. The second kappa shape index (κ2) is 13.8. The van der Waals surface area contributed by atoms with Gasteiger partial charge in [0, 0.05) is 40.3 Å². The Balaban J connectivity index is 1.22. The fraction of sp³-hybridized carbons (Fsp3) is 0.500. The maximum absolute atomic E-state index is 14.9. The van der Waals surface area contributed by atoms with E-state index in [0.29, 0.717) is 64.5 Å². The maximum atomic E-state index is 14.9. The number of rotatable bonds is 3. The zero-order chi connectivity index (χ0) is 41.0. The fourth-order valence-electron chi connectivity index (χ4n) is 9.84. The highest BCUT2D eigenvalue weighted by molar-refractivity contribution is 7.99. The summed E-state index contributed by atoms with van der Waals surface area (Å²) in [6.45, 7) is 8.99. The van der Waals surface area contributed by atoms with Crippen LogP contribution in [0.25, 0.3) is 5.32 Å². The molecule has 1 spiro atoms. The smallest absolute Gasteiger partial charge is 0.514 e. The molecule has 306 valence electrons. The number of esters is 1. The molecule has 4 bridgehead atoms. The standard InChI is InChI=1S/C42H45N4O11S/c1-18-10-21-11-23-24(14-43)46-25-15-53-39(49)42(22-13-26(51-6)27(12-20(22)8-9-44-42)56-40(50)57-41(3,4)5)16-58-38(32(46)31(45-23)28(21)34(48)35(18)52-7)30-29(25)37-36(54-17-55-37)19(2)33(30)47/h10,12-13,23-25,31-32,38,44,47-48H,8-9,11,15-17H2,1-7H3/q-1/t23-,24-,25-,31+,32?,38+,42+/m0/s1. The number of nitriles is 1. The van der Waals surface area contributed by atoms with Gasteiger partial charge in [-0.15, -0.1) is 17.8 Å². The molecule has 2 fully saturated rings. The van der Waals surface area contributed by atoms with Crippen molar-refractivity contribution in [3.63, 3.8) is 0 Å². The van der Waals surface area contributed by atoms with E-state index in [1.807, 2.05) is 13.0 Å². The summed E-state index contributed by atoms with van der Waals surface area (Å²) < 4.78 is 40.9. The summed E-state index contributed by atoms with van der Waals surface area (Å²) in [6, 6.07) is 4.68. The first-order valence-electron chi connectivity index (χ1n) is 19.3. The van der Waals surface area contributed by atoms with E-state index in [2.05, 4.69) is 16.3 Å². The molecule has 7 aliphatic rings. The molecule has 7 heterocycles. The van der Waals surface area contributed by atoms with Gasteiger partial charge in [0.2, 0.25) is 6.79 Å². The van der Waals surface area contributed by atoms with Crippen LogP contribution in [0, 0.1) is 25.2 Å². The monoisotopic (exact) mass is 813 g/mol. The Morgan fingerprint density at radius 3 is 2.53 bits per heavy atom. The number of methoxy groups -OCH3 is 2. The molecule has 0 radical (unpaired) electrons. The van der Waals surface area contributed by atoms with Gasteiger partial charge in [-0.2, -0.15) is 5.26 Å². The van der Waals surface area contributed by atoms with Gasteiger partial charge >= 0.3 is 12.1 Å². The van der Waals surface area contributed by atoms with Gasteiger partial charge in [-0.1, -0.05) is 12.1 Å². The molecule has 0 amide bonds. The fourth-order valence-corrected chi connectivity index (χ4v) is 11.5. The number of hydrogen-bond acceptors (Lipinski definition) is 15. The molecular formula is C42H45N4O11S-. The minimum Gasteiger partial charge on any atom is -0.649 e. The number of phenols is 2. The van der Waals surface area contributed by atoms with E-state index < -0.39 is 58.7 Å². The van der Waals surface area contributed by atoms with Crippen LogP contribution >= 0.6 is 11.8 Å². The number of fused-ring (bicyclic) bond motifs is 9. The van der Waals surface area contributed by atoms with Crippen molar-refractivity contribution in [2.24, 2.45) is 0 Å². The molecule has 58 heavy (non-hydrogen) atoms. The van der Waals surface area contributed by atoms with Crippen molar-refractivity contribution in [1.82, 2.24) is 10.2 Å². The third-order valence-electron chi connectivity index (χ3n) is 12.2. The molecule has 2 saturated heterocycles. The predicted octanol–water partition coefficient (Wildman–Crippen LogP) is 5.82. The van der Waals surface area contributed by atoms with Crippen LogP contribution in [0.1, 0.15) is 82.6 Å². The first-order valence-corrected chi connectivity index (χ1v) is 20.3. The number of carbonyl (C=O) groups is 2. The lowest BCUT2D eigenvalue weighted by Crippen LogP contribution is -2.63. The number of ether oxygens (including phenoxy) is 7. The van der Waals surface area contributed by atoms with Crippen LogP contribution < -0.4 is 29.0 Å². The number of phenolic OH excluding ortho intramolecular Hbond substituents is 2. The van der Waals surface area contributed by atoms with Crippen LogP contribution in [-0.2, 0) is 32.6 Å². The molecular weight excluding hydrogens is 769 g/mol. The Morgan fingerprint density at radius 2 is 1.81 bits per heavy atom. The number of aromatic hydroxyl groups is 2. The van der Waals surface area contributed by atoms with E-state index in [1.165, 1.54) is 26.0 Å².